The number of carbonyl (C=O) groups excluding carboxylic acids is 7. The van der Waals surface area contributed by atoms with E-state index in [2.05, 4.69) is 27.8 Å². The molecule has 2 aliphatic heterocycles. The van der Waals surface area contributed by atoms with E-state index in [9.17, 15) is 54.2 Å². The minimum Gasteiger partial charge on any atom is -0.502 e. The van der Waals surface area contributed by atoms with E-state index in [1.807, 2.05) is 62.7 Å². The van der Waals surface area contributed by atoms with Crippen molar-refractivity contribution in [1.29, 1.82) is 0 Å². The number of aliphatic hydroxyl groups is 2. The van der Waals surface area contributed by atoms with Crippen LogP contribution in [0.2, 0.25) is 0 Å². The lowest BCUT2D eigenvalue weighted by Gasteiger charge is -2.47. The van der Waals surface area contributed by atoms with E-state index in [0.29, 0.717) is 5.56 Å². The summed E-state index contributed by atoms with van der Waals surface area (Å²) < 4.78 is 2.00. The van der Waals surface area contributed by atoms with Gasteiger partial charge in [-0.2, -0.15) is 0 Å². The van der Waals surface area contributed by atoms with E-state index >= 15 is 4.79 Å². The van der Waals surface area contributed by atoms with Gasteiger partial charge in [0.1, 0.15) is 48.5 Å². The quantitative estimate of drug-likeness (QED) is 0.0697. The lowest BCUT2D eigenvalue weighted by molar-refractivity contribution is -0.385. The molecule has 5 rings (SSSR count). The fourth-order valence-corrected chi connectivity index (χ4v) is 9.79. The van der Waals surface area contributed by atoms with Crippen LogP contribution >= 0.6 is 0 Å². The molecule has 3 aromatic rings. The Kier molecular flexibility index (Phi) is 19.5. The minimum atomic E-state index is -1.71. The first-order chi connectivity index (χ1) is 35.3. The predicted molar refractivity (Wildman–Crippen MR) is 280 cm³/mol. The molecule has 7 amide bonds. The molecule has 0 saturated carbocycles. The van der Waals surface area contributed by atoms with Crippen molar-refractivity contribution in [2.24, 2.45) is 17.8 Å². The van der Waals surface area contributed by atoms with Crippen molar-refractivity contribution < 1.29 is 53.8 Å². The summed E-state index contributed by atoms with van der Waals surface area (Å²) >= 11 is 0. The number of aliphatic hydroxyl groups excluding tert-OH is 2. The van der Waals surface area contributed by atoms with E-state index in [1.54, 1.807) is 39.0 Å². The summed E-state index contributed by atoms with van der Waals surface area (Å²) in [5, 5.41) is 56.2. The highest BCUT2D eigenvalue weighted by Gasteiger charge is 2.49. The molecule has 0 unspecified atom stereocenters. The van der Waals surface area contributed by atoms with Crippen LogP contribution < -0.4 is 21.3 Å². The molecule has 9 atom stereocenters. The average molecular weight is 1040 g/mol. The monoisotopic (exact) mass is 1040 g/mol. The van der Waals surface area contributed by atoms with Gasteiger partial charge in [0, 0.05) is 56.0 Å². The summed E-state index contributed by atoms with van der Waals surface area (Å²) in [5.74, 6) is -7.94. The van der Waals surface area contributed by atoms with Gasteiger partial charge in [0.15, 0.2) is 5.75 Å². The van der Waals surface area contributed by atoms with Crippen LogP contribution in [0.25, 0.3) is 10.9 Å². The van der Waals surface area contributed by atoms with E-state index < -0.39 is 131 Å². The zero-order chi connectivity index (χ0) is 55.8. The number of carbonyl (C=O) groups is 7. The number of fused-ring (bicyclic) bond motifs is 3. The molecule has 2 aliphatic rings. The number of piperidine rings is 1. The fourth-order valence-electron chi connectivity index (χ4n) is 9.79. The summed E-state index contributed by atoms with van der Waals surface area (Å²) in [4.78, 5) is 118. The molecule has 408 valence electrons. The Morgan fingerprint density at radius 1 is 0.813 bits per heavy atom. The molecule has 21 nitrogen and oxygen atoms in total. The van der Waals surface area contributed by atoms with Crippen LogP contribution in [0.5, 0.6) is 5.75 Å². The summed E-state index contributed by atoms with van der Waals surface area (Å²) in [7, 11) is 2.70. The third-order valence-corrected chi connectivity index (χ3v) is 14.2. The molecule has 0 radical (unpaired) electrons. The SMILES string of the molecule is C=CC(C)(C)n1cc(C[C@@H]2NC(=O)[C@H](C/C=C/C)NC(=O)[C@H](CC(C)C)N3C(=O)[C@H](C[C@@H](CO)[C@H]3O)N(C)C(=O)[C@H](C)NC(=O)[C@H](Cc3ccc(O)c([N+](=O)[O-])c3)NC(=O)[C@H](CC(C)C)N(C)C2=O)c2ccccc21. The Bertz CT molecular complexity index is 2660. The largest absolute Gasteiger partial charge is 0.502 e. The summed E-state index contributed by atoms with van der Waals surface area (Å²) in [5.41, 5.74) is 0.316. The van der Waals surface area contributed by atoms with Crippen molar-refractivity contribution in [1.82, 2.24) is 40.5 Å². The molecule has 75 heavy (non-hydrogen) atoms. The number of para-hydroxylation sites is 1. The lowest BCUT2D eigenvalue weighted by Crippen LogP contribution is -2.67. The van der Waals surface area contributed by atoms with Gasteiger partial charge >= 0.3 is 5.69 Å². The maximum atomic E-state index is 15.3. The summed E-state index contributed by atoms with van der Waals surface area (Å²) in [6.45, 7) is 17.6. The molecule has 2 fully saturated rings. The van der Waals surface area contributed by atoms with E-state index in [0.717, 1.165) is 32.8 Å². The zero-order valence-electron chi connectivity index (χ0n) is 44.6. The Balaban J connectivity index is 1.73. The van der Waals surface area contributed by atoms with Crippen LogP contribution in [0.4, 0.5) is 5.69 Å². The molecule has 2 aromatic carbocycles. The Morgan fingerprint density at radius 2 is 1.41 bits per heavy atom. The number of nitrogens with zero attached hydrogens (tertiary/aromatic N) is 5. The number of phenolic OH excluding ortho intramolecular Hbond substituents is 1. The predicted octanol–water partition coefficient (Wildman–Crippen LogP) is 3.17. The highest BCUT2D eigenvalue weighted by molar-refractivity contribution is 5.99. The van der Waals surface area contributed by atoms with Crippen molar-refractivity contribution in [2.75, 3.05) is 20.7 Å². The third kappa shape index (κ3) is 13.6. The number of nitrogens with one attached hydrogen (secondary N) is 4. The van der Waals surface area contributed by atoms with Gasteiger partial charge in [-0.1, -0.05) is 70.2 Å². The number of phenols is 1. The fraction of sp³-hybridized carbons (Fsp3) is 0.537. The Morgan fingerprint density at radius 3 is 2.03 bits per heavy atom. The van der Waals surface area contributed by atoms with E-state index in [-0.39, 0.29) is 49.5 Å². The molecule has 0 aliphatic carbocycles. The lowest BCUT2D eigenvalue weighted by atomic mass is 9.88. The smallest absolute Gasteiger partial charge is 0.310 e. The topological polar surface area (TPSA) is 286 Å². The molecular weight excluding hydrogens is 967 g/mol. The molecule has 2 saturated heterocycles. The van der Waals surface area contributed by atoms with E-state index in [1.165, 1.54) is 32.0 Å². The molecule has 0 spiro atoms. The number of rotatable bonds is 14. The van der Waals surface area contributed by atoms with Crippen molar-refractivity contribution in [3.8, 4) is 5.75 Å². The number of allylic oxidation sites excluding steroid dienone is 2. The number of likely N-dealkylation sites (N-methyl/N-ethyl adjacent to an activating group) is 2. The average Bonchev–Trinajstić information content (AvgIpc) is 3.74. The van der Waals surface area contributed by atoms with Gasteiger partial charge in [-0.05, 0) is 88.5 Å². The number of nitro groups is 1. The van der Waals surface area contributed by atoms with Gasteiger partial charge in [-0.25, -0.2) is 0 Å². The molecular formula is C54H75N9O12. The van der Waals surface area contributed by atoms with Crippen molar-refractivity contribution in [3.63, 3.8) is 0 Å². The second kappa shape index (κ2) is 24.9. The molecule has 3 heterocycles. The van der Waals surface area contributed by atoms with Crippen LogP contribution in [0, 0.1) is 27.9 Å². The first-order valence-corrected chi connectivity index (χ1v) is 25.4. The van der Waals surface area contributed by atoms with Crippen molar-refractivity contribution >= 4 is 57.9 Å². The van der Waals surface area contributed by atoms with Crippen LogP contribution in [0.1, 0.15) is 92.2 Å². The number of amides is 7. The standard InChI is InChI=1S/C54H75N9O12/c1-12-14-18-37-46(66)58-39(26-34-28-61(54(8,9)13-2)40-19-16-15-17-36(34)40)52(72)59(10)42(22-30(3)4)48(68)57-38(24-33-20-21-45(65)41(25-33)63(74)75)47(67)55-32(7)50(70)60(11)44-27-35(29-64)51(71)62(53(44)73)43(23-31(5)6)49(69)56-37/h12-17,19-21,25,28,30-32,35,37-39,42-44,51,64-65,71H,2,18,22-24,26-27,29H2,1,3-11H3,(H,55,67)(H,56,69)(H,57,68)(H,58,66)/b14-12+/t32-,35-,37-,38-,39-,42-,43-,44-,51+/m0/s1. The maximum Gasteiger partial charge on any atom is 0.310 e. The van der Waals surface area contributed by atoms with Gasteiger partial charge in [-0.15, -0.1) is 6.58 Å². The second-order valence-corrected chi connectivity index (χ2v) is 21.1. The summed E-state index contributed by atoms with van der Waals surface area (Å²) in [6, 6.07) is 1.10. The van der Waals surface area contributed by atoms with Crippen LogP contribution in [0.15, 0.2) is 73.5 Å². The highest BCUT2D eigenvalue weighted by atomic mass is 16.6. The molecule has 7 N–H and O–H groups in total. The number of aromatic nitrogens is 1. The first-order valence-electron chi connectivity index (χ1n) is 25.4. The highest BCUT2D eigenvalue weighted by Crippen LogP contribution is 2.33. The van der Waals surface area contributed by atoms with Gasteiger partial charge in [-0.3, -0.25) is 43.7 Å². The minimum absolute atomic E-state index is 0.0253. The second-order valence-electron chi connectivity index (χ2n) is 21.1. The number of hydrogen-bond donors (Lipinski definition) is 7. The number of hydrogen-bond acceptors (Lipinski definition) is 12. The van der Waals surface area contributed by atoms with Crippen molar-refractivity contribution in [2.45, 2.75) is 148 Å². The van der Waals surface area contributed by atoms with Gasteiger partial charge in [0.2, 0.25) is 41.4 Å². The third-order valence-electron chi connectivity index (χ3n) is 14.2. The Hall–Kier alpha value is -7.13. The Labute approximate surface area is 437 Å². The van der Waals surface area contributed by atoms with Crippen molar-refractivity contribution in [3.05, 3.63) is 94.7 Å². The van der Waals surface area contributed by atoms with Crippen LogP contribution in [-0.4, -0.2) is 150 Å². The van der Waals surface area contributed by atoms with Crippen LogP contribution in [-0.2, 0) is 51.9 Å². The molecule has 1 aromatic heterocycles. The maximum absolute atomic E-state index is 15.3. The number of nitro benzene ring substituents is 1. The number of aromatic hydroxyl groups is 1. The van der Waals surface area contributed by atoms with Gasteiger partial charge < -0.3 is 55.9 Å². The van der Waals surface area contributed by atoms with Gasteiger partial charge in [0.25, 0.3) is 0 Å². The number of benzene rings is 2. The normalized spacial score (nSPS) is 25.3. The molecule has 2 bridgehead atoms. The summed E-state index contributed by atoms with van der Waals surface area (Å²) in [6.07, 6.45) is 4.44. The molecule has 21 heteroatoms. The van der Waals surface area contributed by atoms with Crippen LogP contribution in [0.3, 0.4) is 0 Å². The first kappa shape index (κ1) is 58.8. The van der Waals surface area contributed by atoms with E-state index in [4.69, 9.17) is 0 Å². The zero-order valence-corrected chi connectivity index (χ0v) is 44.6. The van der Waals surface area contributed by atoms with Gasteiger partial charge in [0.05, 0.1) is 17.1 Å².